The summed E-state index contributed by atoms with van der Waals surface area (Å²) in [7, 11) is 0. The van der Waals surface area contributed by atoms with E-state index in [1.54, 1.807) is 0 Å². The predicted octanol–water partition coefficient (Wildman–Crippen LogP) is 1.98. The molecule has 10 heavy (non-hydrogen) atoms. The van der Waals surface area contributed by atoms with Gasteiger partial charge in [0.2, 0.25) is 0 Å². The molecule has 3 heteroatoms. The molecule has 1 saturated heterocycles. The molecule has 1 fully saturated rings. The first kappa shape index (κ1) is 7.66. The van der Waals surface area contributed by atoms with Crippen molar-refractivity contribution >= 4 is 17.0 Å². The van der Waals surface area contributed by atoms with Crippen LogP contribution in [0.5, 0.6) is 0 Å². The van der Waals surface area contributed by atoms with Crippen molar-refractivity contribution in [2.45, 2.75) is 19.1 Å². The van der Waals surface area contributed by atoms with E-state index in [0.717, 1.165) is 5.70 Å². The van der Waals surface area contributed by atoms with Gasteiger partial charge in [-0.2, -0.15) is 0 Å². The summed E-state index contributed by atoms with van der Waals surface area (Å²) in [5, 5.41) is 2.98. The summed E-state index contributed by atoms with van der Waals surface area (Å²) in [5.74, 6) is 0.483. The van der Waals surface area contributed by atoms with Gasteiger partial charge >= 0.3 is 0 Å². The van der Waals surface area contributed by atoms with E-state index in [2.05, 4.69) is 25.7 Å². The number of amides is 1. The highest BCUT2D eigenvalue weighted by Crippen LogP contribution is 2.30. The first-order valence-electron chi connectivity index (χ1n) is 3.27. The minimum absolute atomic E-state index is 0.0312. The van der Waals surface area contributed by atoms with Gasteiger partial charge in [-0.3, -0.25) is 4.79 Å². The van der Waals surface area contributed by atoms with Crippen LogP contribution in [0.1, 0.15) is 13.8 Å². The molecule has 1 N–H and O–H groups in total. The Morgan fingerprint density at radius 3 is 2.50 bits per heavy atom. The molecule has 2 nitrogen and oxygen atoms in total. The molecule has 1 atom stereocenters. The van der Waals surface area contributed by atoms with Crippen LogP contribution in [-0.4, -0.2) is 10.5 Å². The fourth-order valence-corrected chi connectivity index (χ4v) is 1.85. The van der Waals surface area contributed by atoms with E-state index in [-0.39, 0.29) is 10.5 Å². The normalized spacial score (nSPS) is 25.7. The summed E-state index contributed by atoms with van der Waals surface area (Å²) >= 11 is 1.33. The summed E-state index contributed by atoms with van der Waals surface area (Å²) in [4.78, 5) is 10.8. The van der Waals surface area contributed by atoms with Crippen molar-refractivity contribution in [1.29, 1.82) is 0 Å². The SMILES string of the molecule is C=C1NC(=O)SC1C(C)C. The predicted molar refractivity (Wildman–Crippen MR) is 43.9 cm³/mol. The molecule has 0 radical (unpaired) electrons. The third-order valence-electron chi connectivity index (χ3n) is 1.45. The molecule has 1 unspecified atom stereocenters. The number of hydrogen-bond donors (Lipinski definition) is 1. The van der Waals surface area contributed by atoms with E-state index >= 15 is 0 Å². The lowest BCUT2D eigenvalue weighted by Crippen LogP contribution is -2.14. The fraction of sp³-hybridized carbons (Fsp3) is 0.571. The molecule has 0 bridgehead atoms. The molecule has 1 rings (SSSR count). The Morgan fingerprint density at radius 2 is 2.30 bits per heavy atom. The van der Waals surface area contributed by atoms with Gasteiger partial charge in [0.1, 0.15) is 0 Å². The standard InChI is InChI=1S/C7H11NOS/c1-4(2)6-5(3)8-7(9)10-6/h4,6H,3H2,1-2H3,(H,8,9). The molecular formula is C7H11NOS. The second-order valence-electron chi connectivity index (χ2n) is 2.72. The largest absolute Gasteiger partial charge is 0.320 e. The Bertz CT molecular complexity index is 176. The monoisotopic (exact) mass is 157 g/mol. The molecule has 0 aromatic heterocycles. The van der Waals surface area contributed by atoms with E-state index in [9.17, 15) is 4.79 Å². The Balaban J connectivity index is 2.63. The Hall–Kier alpha value is -0.440. The summed E-state index contributed by atoms with van der Waals surface area (Å²) in [6.45, 7) is 7.93. The molecule has 1 heterocycles. The smallest absolute Gasteiger partial charge is 0.283 e. The maximum Gasteiger partial charge on any atom is 0.283 e. The maximum atomic E-state index is 10.8. The second kappa shape index (κ2) is 2.66. The van der Waals surface area contributed by atoms with Crippen LogP contribution in [0.2, 0.25) is 0 Å². The van der Waals surface area contributed by atoms with Crippen LogP contribution >= 0.6 is 11.8 Å². The van der Waals surface area contributed by atoms with Gasteiger partial charge in [0, 0.05) is 5.70 Å². The number of rotatable bonds is 1. The van der Waals surface area contributed by atoms with Crippen molar-refractivity contribution < 1.29 is 4.79 Å². The molecular weight excluding hydrogens is 146 g/mol. The van der Waals surface area contributed by atoms with E-state index in [0.29, 0.717) is 5.92 Å². The minimum atomic E-state index is 0.0312. The molecule has 56 valence electrons. The molecule has 1 aliphatic rings. The molecule has 0 saturated carbocycles. The van der Waals surface area contributed by atoms with Gasteiger partial charge in [-0.15, -0.1) is 0 Å². The van der Waals surface area contributed by atoms with Crippen molar-refractivity contribution in [3.8, 4) is 0 Å². The zero-order valence-corrected chi connectivity index (χ0v) is 6.99. The van der Waals surface area contributed by atoms with Gasteiger partial charge in [0.15, 0.2) is 0 Å². The van der Waals surface area contributed by atoms with E-state index in [1.165, 1.54) is 11.8 Å². The van der Waals surface area contributed by atoms with E-state index in [4.69, 9.17) is 0 Å². The number of nitrogens with one attached hydrogen (secondary N) is 1. The molecule has 1 aliphatic heterocycles. The lowest BCUT2D eigenvalue weighted by atomic mass is 10.1. The third kappa shape index (κ3) is 1.34. The van der Waals surface area contributed by atoms with Gasteiger partial charge < -0.3 is 5.32 Å². The molecule has 0 aromatic carbocycles. The van der Waals surface area contributed by atoms with Gasteiger partial charge in [-0.05, 0) is 5.92 Å². The highest BCUT2D eigenvalue weighted by Gasteiger charge is 2.28. The number of carbonyl (C=O) groups is 1. The van der Waals surface area contributed by atoms with Gasteiger partial charge in [-0.25, -0.2) is 0 Å². The maximum absolute atomic E-state index is 10.8. The highest BCUT2D eigenvalue weighted by atomic mass is 32.2. The Labute approximate surface area is 65.1 Å². The van der Waals surface area contributed by atoms with Crippen molar-refractivity contribution in [2.24, 2.45) is 5.92 Å². The van der Waals surface area contributed by atoms with Gasteiger partial charge in [0.25, 0.3) is 5.24 Å². The molecule has 1 amide bonds. The third-order valence-corrected chi connectivity index (χ3v) is 2.84. The average Bonchev–Trinajstić information content (AvgIpc) is 2.10. The van der Waals surface area contributed by atoms with Crippen molar-refractivity contribution in [3.05, 3.63) is 12.3 Å². The fourth-order valence-electron chi connectivity index (χ4n) is 0.957. The number of carbonyl (C=O) groups excluding carboxylic acids is 1. The van der Waals surface area contributed by atoms with Crippen LogP contribution in [0, 0.1) is 5.92 Å². The molecule has 0 aromatic rings. The number of hydrogen-bond acceptors (Lipinski definition) is 2. The summed E-state index contributed by atoms with van der Waals surface area (Å²) in [5.41, 5.74) is 0.852. The van der Waals surface area contributed by atoms with Crippen LogP contribution in [-0.2, 0) is 0 Å². The van der Waals surface area contributed by atoms with Crippen LogP contribution in [0.4, 0.5) is 4.79 Å². The summed E-state index contributed by atoms with van der Waals surface area (Å²) in [6, 6.07) is 0. The van der Waals surface area contributed by atoms with Crippen molar-refractivity contribution in [3.63, 3.8) is 0 Å². The quantitative estimate of drug-likeness (QED) is 0.630. The minimum Gasteiger partial charge on any atom is -0.320 e. The first-order valence-corrected chi connectivity index (χ1v) is 4.15. The van der Waals surface area contributed by atoms with E-state index < -0.39 is 0 Å². The van der Waals surface area contributed by atoms with Crippen LogP contribution in [0.15, 0.2) is 12.3 Å². The lowest BCUT2D eigenvalue weighted by molar-refractivity contribution is 0.263. The Kier molecular flexibility index (Phi) is 2.04. The van der Waals surface area contributed by atoms with Crippen LogP contribution in [0.25, 0.3) is 0 Å². The number of thioether (sulfide) groups is 1. The second-order valence-corrected chi connectivity index (χ2v) is 3.83. The Morgan fingerprint density at radius 1 is 1.70 bits per heavy atom. The van der Waals surface area contributed by atoms with Gasteiger partial charge in [-0.1, -0.05) is 32.2 Å². The highest BCUT2D eigenvalue weighted by molar-refractivity contribution is 8.14. The average molecular weight is 157 g/mol. The van der Waals surface area contributed by atoms with E-state index in [1.807, 2.05) is 0 Å². The van der Waals surface area contributed by atoms with Crippen molar-refractivity contribution in [1.82, 2.24) is 5.32 Å². The first-order chi connectivity index (χ1) is 4.61. The molecule has 0 spiro atoms. The van der Waals surface area contributed by atoms with Crippen molar-refractivity contribution in [2.75, 3.05) is 0 Å². The summed E-state index contributed by atoms with van der Waals surface area (Å²) < 4.78 is 0. The topological polar surface area (TPSA) is 29.1 Å². The zero-order valence-electron chi connectivity index (χ0n) is 6.18. The van der Waals surface area contributed by atoms with Gasteiger partial charge in [0.05, 0.1) is 5.25 Å². The van der Waals surface area contributed by atoms with Crippen LogP contribution in [0.3, 0.4) is 0 Å². The van der Waals surface area contributed by atoms with Crippen LogP contribution < -0.4 is 5.32 Å². The summed E-state index contributed by atoms with van der Waals surface area (Å²) in [6.07, 6.45) is 0. The molecule has 0 aliphatic carbocycles. The zero-order chi connectivity index (χ0) is 7.72. The lowest BCUT2D eigenvalue weighted by Gasteiger charge is -2.10.